The molecule has 1 fully saturated rings. The molecule has 8 heteroatoms. The molecule has 2 heterocycles. The molecule has 1 aromatic carbocycles. The van der Waals surface area contributed by atoms with Crippen molar-refractivity contribution in [2.24, 2.45) is 5.92 Å². The molecule has 6 nitrogen and oxygen atoms in total. The Morgan fingerprint density at radius 2 is 2.12 bits per heavy atom. The van der Waals surface area contributed by atoms with Crippen LogP contribution in [-0.4, -0.2) is 45.5 Å². The molecule has 0 saturated carbocycles. The van der Waals surface area contributed by atoms with Crippen molar-refractivity contribution in [1.29, 1.82) is 0 Å². The maximum Gasteiger partial charge on any atom is 0.208 e. The van der Waals surface area contributed by atoms with Crippen LogP contribution in [0.25, 0.3) is 10.6 Å². The van der Waals surface area contributed by atoms with Crippen molar-refractivity contribution in [3.05, 3.63) is 35.3 Å². The first kappa shape index (κ1) is 18.3. The summed E-state index contributed by atoms with van der Waals surface area (Å²) >= 11 is 1.65. The number of hydrogen-bond donors (Lipinski definition) is 1. The van der Waals surface area contributed by atoms with Gasteiger partial charge in [0.1, 0.15) is 10.8 Å². The van der Waals surface area contributed by atoms with Crippen LogP contribution in [0, 0.1) is 12.8 Å². The van der Waals surface area contributed by atoms with Crippen molar-refractivity contribution >= 4 is 21.4 Å². The molecule has 0 amide bonds. The van der Waals surface area contributed by atoms with Crippen molar-refractivity contribution in [1.82, 2.24) is 9.71 Å². The van der Waals surface area contributed by atoms with E-state index in [0.717, 1.165) is 16.3 Å². The first-order chi connectivity index (χ1) is 11.9. The molecular weight excluding hydrogens is 360 g/mol. The number of aromatic nitrogens is 1. The second kappa shape index (κ2) is 7.82. The molecule has 1 saturated heterocycles. The highest BCUT2D eigenvalue weighted by molar-refractivity contribution is 7.88. The Morgan fingerprint density at radius 3 is 2.76 bits per heavy atom. The lowest BCUT2D eigenvalue weighted by Crippen LogP contribution is -2.47. The topological polar surface area (TPSA) is 77.5 Å². The molecule has 0 aliphatic carbocycles. The predicted molar refractivity (Wildman–Crippen MR) is 98.5 cm³/mol. The first-order valence-corrected chi connectivity index (χ1v) is 10.8. The minimum absolute atomic E-state index is 0.00948. The molecule has 1 aromatic heterocycles. The summed E-state index contributed by atoms with van der Waals surface area (Å²) in [4.78, 5) is 5.55. The molecule has 3 rings (SSSR count). The van der Waals surface area contributed by atoms with Gasteiger partial charge in [0, 0.05) is 35.2 Å². The number of nitrogens with one attached hydrogen (secondary N) is 1. The maximum absolute atomic E-state index is 11.5. The van der Waals surface area contributed by atoms with Crippen molar-refractivity contribution in [2.45, 2.75) is 19.4 Å². The van der Waals surface area contributed by atoms with E-state index in [4.69, 9.17) is 9.47 Å². The van der Waals surface area contributed by atoms with Gasteiger partial charge in [0.2, 0.25) is 10.0 Å². The summed E-state index contributed by atoms with van der Waals surface area (Å²) < 4.78 is 37.0. The van der Waals surface area contributed by atoms with E-state index in [0.29, 0.717) is 26.2 Å². The molecule has 0 bridgehead atoms. The summed E-state index contributed by atoms with van der Waals surface area (Å²) in [5.41, 5.74) is 1.06. The number of nitrogens with zero attached hydrogens (tertiary/aromatic N) is 1. The number of aryl methyl sites for hydroxylation is 1. The Balaban J connectivity index is 1.60. The van der Waals surface area contributed by atoms with Gasteiger partial charge in [-0.1, -0.05) is 0 Å². The lowest BCUT2D eigenvalue weighted by atomic mass is 9.98. The van der Waals surface area contributed by atoms with Crippen LogP contribution in [0.1, 0.15) is 11.3 Å². The number of sulfonamides is 1. The van der Waals surface area contributed by atoms with Gasteiger partial charge in [0.05, 0.1) is 19.5 Å². The van der Waals surface area contributed by atoms with Gasteiger partial charge in [-0.3, -0.25) is 0 Å². The van der Waals surface area contributed by atoms with E-state index in [2.05, 4.69) is 9.71 Å². The Labute approximate surface area is 152 Å². The summed E-state index contributed by atoms with van der Waals surface area (Å²) in [7, 11) is -3.24. The zero-order chi connectivity index (χ0) is 17.9. The first-order valence-electron chi connectivity index (χ1n) is 8.11. The molecule has 25 heavy (non-hydrogen) atoms. The Hall–Kier alpha value is -1.48. The average Bonchev–Trinajstić information content (AvgIpc) is 3.00. The fourth-order valence-electron chi connectivity index (χ4n) is 2.78. The van der Waals surface area contributed by atoms with Gasteiger partial charge in [-0.15, -0.1) is 11.3 Å². The van der Waals surface area contributed by atoms with Crippen LogP contribution in [0.2, 0.25) is 0 Å². The van der Waals surface area contributed by atoms with E-state index in [1.54, 1.807) is 11.3 Å². The van der Waals surface area contributed by atoms with Crippen LogP contribution in [0.4, 0.5) is 0 Å². The second-order valence-electron chi connectivity index (χ2n) is 6.23. The number of hydrogen-bond acceptors (Lipinski definition) is 6. The minimum Gasteiger partial charge on any atom is -0.493 e. The summed E-state index contributed by atoms with van der Waals surface area (Å²) in [5, 5.41) is 0.988. The van der Waals surface area contributed by atoms with Crippen LogP contribution in [0.5, 0.6) is 5.75 Å². The van der Waals surface area contributed by atoms with E-state index in [-0.39, 0.29) is 12.0 Å². The molecule has 2 unspecified atom stereocenters. The van der Waals surface area contributed by atoms with Crippen LogP contribution < -0.4 is 9.46 Å². The van der Waals surface area contributed by atoms with E-state index >= 15 is 0 Å². The zero-order valence-corrected chi connectivity index (χ0v) is 15.9. The largest absolute Gasteiger partial charge is 0.493 e. The fraction of sp³-hybridized carbons (Fsp3) is 0.471. The second-order valence-corrected chi connectivity index (χ2v) is 9.25. The standard InChI is InChI=1S/C17H22N2O4S2/c1-12-9-18-17(24-12)13-3-5-15(6-4-13)23-11-14-10-22-8-7-16(14)19-25(2,20)21/h3-6,9,14,16,19H,7-8,10-11H2,1-2H3. The maximum atomic E-state index is 11.5. The Kier molecular flexibility index (Phi) is 5.73. The molecule has 0 radical (unpaired) electrons. The summed E-state index contributed by atoms with van der Waals surface area (Å²) in [6.45, 7) is 3.49. The quantitative estimate of drug-likeness (QED) is 0.830. The SMILES string of the molecule is Cc1cnc(-c2ccc(OCC3COCCC3NS(C)(=O)=O)cc2)s1. The Bertz CT molecular complexity index is 802. The summed E-state index contributed by atoms with van der Waals surface area (Å²) in [6.07, 6.45) is 3.70. The smallest absolute Gasteiger partial charge is 0.208 e. The van der Waals surface area contributed by atoms with Gasteiger partial charge >= 0.3 is 0 Å². The van der Waals surface area contributed by atoms with Crippen molar-refractivity contribution < 1.29 is 17.9 Å². The van der Waals surface area contributed by atoms with Gasteiger partial charge in [-0.25, -0.2) is 18.1 Å². The number of ether oxygens (including phenoxy) is 2. The van der Waals surface area contributed by atoms with E-state index < -0.39 is 10.0 Å². The van der Waals surface area contributed by atoms with Crippen molar-refractivity contribution in [3.8, 4) is 16.3 Å². The third-order valence-corrected chi connectivity index (χ3v) is 5.72. The Morgan fingerprint density at radius 1 is 1.36 bits per heavy atom. The number of benzene rings is 1. The van der Waals surface area contributed by atoms with E-state index in [1.807, 2.05) is 37.4 Å². The van der Waals surface area contributed by atoms with Crippen molar-refractivity contribution in [2.75, 3.05) is 26.1 Å². The molecular formula is C17H22N2O4S2. The van der Waals surface area contributed by atoms with E-state index in [1.165, 1.54) is 11.1 Å². The van der Waals surface area contributed by atoms with E-state index in [9.17, 15) is 8.42 Å². The van der Waals surface area contributed by atoms with Gasteiger partial charge < -0.3 is 9.47 Å². The fourth-order valence-corrected chi connectivity index (χ4v) is 4.41. The highest BCUT2D eigenvalue weighted by Gasteiger charge is 2.28. The highest BCUT2D eigenvalue weighted by Crippen LogP contribution is 2.27. The van der Waals surface area contributed by atoms with Gasteiger partial charge in [-0.2, -0.15) is 0 Å². The van der Waals surface area contributed by atoms with Gasteiger partial charge in [-0.05, 0) is 37.6 Å². The third-order valence-electron chi connectivity index (χ3n) is 4.03. The lowest BCUT2D eigenvalue weighted by molar-refractivity contribution is 0.0187. The molecule has 2 aromatic rings. The molecule has 1 aliphatic heterocycles. The molecule has 136 valence electrons. The van der Waals surface area contributed by atoms with Crippen LogP contribution in [-0.2, 0) is 14.8 Å². The van der Waals surface area contributed by atoms with Gasteiger partial charge in [0.15, 0.2) is 0 Å². The summed E-state index contributed by atoms with van der Waals surface area (Å²) in [5.74, 6) is 0.741. The molecule has 2 atom stereocenters. The van der Waals surface area contributed by atoms with Crippen LogP contribution in [0.15, 0.2) is 30.5 Å². The minimum atomic E-state index is -3.24. The van der Waals surface area contributed by atoms with Crippen LogP contribution >= 0.6 is 11.3 Å². The van der Waals surface area contributed by atoms with Gasteiger partial charge in [0.25, 0.3) is 0 Å². The monoisotopic (exact) mass is 382 g/mol. The normalized spacial score (nSPS) is 21.2. The zero-order valence-electron chi connectivity index (χ0n) is 14.3. The molecule has 1 N–H and O–H groups in total. The average molecular weight is 383 g/mol. The summed E-state index contributed by atoms with van der Waals surface area (Å²) in [6, 6.07) is 7.64. The number of rotatable bonds is 6. The molecule has 1 aliphatic rings. The molecule has 0 spiro atoms. The third kappa shape index (κ3) is 5.24. The van der Waals surface area contributed by atoms with Crippen LogP contribution in [0.3, 0.4) is 0 Å². The highest BCUT2D eigenvalue weighted by atomic mass is 32.2. The predicted octanol–water partition coefficient (Wildman–Crippen LogP) is 2.45. The lowest BCUT2D eigenvalue weighted by Gasteiger charge is -2.31. The van der Waals surface area contributed by atoms with Crippen molar-refractivity contribution in [3.63, 3.8) is 0 Å². The number of thiazole rings is 1.